The number of alkyl halides is 3. The summed E-state index contributed by atoms with van der Waals surface area (Å²) in [5, 5.41) is 0. The largest absolute Gasteiger partial charge is 0.534 e. The maximum Gasteiger partial charge on any atom is 0.534 e. The average molecular weight is 483 g/mol. The zero-order chi connectivity index (χ0) is 23.4. The molecule has 0 saturated heterocycles. The third-order valence-electron chi connectivity index (χ3n) is 5.45. The van der Waals surface area contributed by atoms with Crippen molar-refractivity contribution in [3.63, 3.8) is 0 Å². The van der Waals surface area contributed by atoms with Crippen LogP contribution in [0.2, 0.25) is 0 Å². The van der Waals surface area contributed by atoms with Gasteiger partial charge in [-0.25, -0.2) is 9.98 Å². The fraction of sp³-hybridized carbons (Fsp3) is 0.300. The molecule has 0 aliphatic carbocycles. The predicted octanol–water partition coefficient (Wildman–Crippen LogP) is 2.81. The summed E-state index contributed by atoms with van der Waals surface area (Å²) in [6.45, 7) is 0.917. The van der Waals surface area contributed by atoms with E-state index in [2.05, 4.69) is 14.2 Å². The lowest BCUT2D eigenvalue weighted by molar-refractivity contribution is -0.0500. The van der Waals surface area contributed by atoms with Crippen molar-refractivity contribution in [3.05, 3.63) is 53.2 Å². The molecule has 0 saturated carbocycles. The van der Waals surface area contributed by atoms with Crippen molar-refractivity contribution in [2.24, 2.45) is 10.7 Å². The third kappa shape index (κ3) is 3.56. The van der Waals surface area contributed by atoms with E-state index in [-0.39, 0.29) is 29.8 Å². The van der Waals surface area contributed by atoms with Gasteiger partial charge in [-0.05, 0) is 41.8 Å². The first-order chi connectivity index (χ1) is 15.6. The number of fused-ring (bicyclic) bond motifs is 4. The molecule has 9 nitrogen and oxygen atoms in total. The molecule has 4 heterocycles. The molecule has 1 aromatic carbocycles. The number of aliphatic imine (C=N–C) groups is 1. The van der Waals surface area contributed by atoms with Crippen molar-refractivity contribution in [3.8, 4) is 17.4 Å². The molecule has 5 rings (SSSR count). The molecule has 1 unspecified atom stereocenters. The Balaban J connectivity index is 1.63. The minimum atomic E-state index is -5.87. The van der Waals surface area contributed by atoms with Gasteiger partial charge >= 0.3 is 15.6 Å². The lowest BCUT2D eigenvalue weighted by Gasteiger charge is -2.33. The fourth-order valence-corrected chi connectivity index (χ4v) is 4.35. The normalized spacial score (nSPS) is 21.9. The number of pyridine rings is 1. The van der Waals surface area contributed by atoms with Crippen LogP contribution in [0, 0.1) is 0 Å². The van der Waals surface area contributed by atoms with Crippen LogP contribution in [0.4, 0.5) is 13.2 Å². The second-order valence-electron chi connectivity index (χ2n) is 7.47. The number of ether oxygens (including phenoxy) is 3. The fourth-order valence-electron chi connectivity index (χ4n) is 3.90. The van der Waals surface area contributed by atoms with Gasteiger partial charge in [0.1, 0.15) is 18.1 Å². The van der Waals surface area contributed by atoms with Crippen LogP contribution in [0.15, 0.2) is 41.5 Å². The minimum Gasteiger partial charge on any atom is -0.462 e. The second-order valence-corrected chi connectivity index (χ2v) is 9.01. The van der Waals surface area contributed by atoms with Crippen LogP contribution in [-0.2, 0) is 25.1 Å². The van der Waals surface area contributed by atoms with Crippen molar-refractivity contribution in [1.29, 1.82) is 0 Å². The molecule has 33 heavy (non-hydrogen) atoms. The lowest BCUT2D eigenvalue weighted by Crippen LogP contribution is -2.32. The molecule has 0 bridgehead atoms. The van der Waals surface area contributed by atoms with Crippen LogP contribution in [0.5, 0.6) is 17.4 Å². The highest BCUT2D eigenvalue weighted by Gasteiger charge is 2.50. The van der Waals surface area contributed by atoms with E-state index in [1.54, 1.807) is 12.3 Å². The summed E-state index contributed by atoms with van der Waals surface area (Å²) in [6, 6.07) is 5.10. The van der Waals surface area contributed by atoms with Gasteiger partial charge in [0, 0.05) is 11.8 Å². The van der Waals surface area contributed by atoms with Gasteiger partial charge in [0.15, 0.2) is 5.54 Å². The Morgan fingerprint density at radius 3 is 2.67 bits per heavy atom. The molecule has 13 heteroatoms. The van der Waals surface area contributed by atoms with Gasteiger partial charge in [-0.3, -0.25) is 0 Å². The van der Waals surface area contributed by atoms with E-state index in [4.69, 9.17) is 19.9 Å². The van der Waals surface area contributed by atoms with Crippen molar-refractivity contribution in [1.82, 2.24) is 4.98 Å². The van der Waals surface area contributed by atoms with Crippen LogP contribution < -0.4 is 14.7 Å². The molecule has 2 N–H and O–H groups in total. The molecule has 0 radical (unpaired) electrons. The van der Waals surface area contributed by atoms with Crippen LogP contribution in [0.1, 0.15) is 23.1 Å². The summed E-state index contributed by atoms with van der Waals surface area (Å²) in [5.41, 5.74) is 1.38. The number of halogens is 3. The smallest absolute Gasteiger partial charge is 0.462 e. The number of rotatable bonds is 3. The number of nitrogens with zero attached hydrogens (tertiary/aromatic N) is 2. The molecule has 3 aliphatic rings. The highest BCUT2D eigenvalue weighted by atomic mass is 32.2. The summed E-state index contributed by atoms with van der Waals surface area (Å²) < 4.78 is 82.3. The van der Waals surface area contributed by atoms with Crippen molar-refractivity contribution in [2.45, 2.75) is 17.5 Å². The summed E-state index contributed by atoms with van der Waals surface area (Å²) in [7, 11) is -5.87. The van der Waals surface area contributed by atoms with Gasteiger partial charge in [-0.2, -0.15) is 21.6 Å². The third-order valence-corrected chi connectivity index (χ3v) is 6.43. The van der Waals surface area contributed by atoms with Crippen molar-refractivity contribution in [2.75, 3.05) is 19.8 Å². The minimum absolute atomic E-state index is 0.0923. The van der Waals surface area contributed by atoms with Gasteiger partial charge in [0.2, 0.25) is 5.88 Å². The number of benzene rings is 1. The molecule has 2 aromatic rings. The number of hydrogen-bond acceptors (Lipinski definition) is 9. The Labute approximate surface area is 185 Å². The van der Waals surface area contributed by atoms with Crippen LogP contribution >= 0.6 is 0 Å². The summed E-state index contributed by atoms with van der Waals surface area (Å²) >= 11 is 0. The molecule has 174 valence electrons. The van der Waals surface area contributed by atoms with Crippen molar-refractivity contribution >= 4 is 21.7 Å². The van der Waals surface area contributed by atoms with E-state index >= 15 is 0 Å². The zero-order valence-electron chi connectivity index (χ0n) is 16.8. The van der Waals surface area contributed by atoms with E-state index in [9.17, 15) is 21.6 Å². The number of aromatic nitrogens is 1. The Bertz CT molecular complexity index is 1310. The highest BCUT2D eigenvalue weighted by Crippen LogP contribution is 2.51. The van der Waals surface area contributed by atoms with Crippen molar-refractivity contribution < 1.29 is 40.0 Å². The number of nitrogens with two attached hydrogens (primary N) is 1. The first kappa shape index (κ1) is 21.5. The van der Waals surface area contributed by atoms with E-state index in [1.807, 2.05) is 6.08 Å². The molecule has 1 atom stereocenters. The van der Waals surface area contributed by atoms with Crippen LogP contribution in [0.25, 0.3) is 5.57 Å². The maximum atomic E-state index is 12.8. The summed E-state index contributed by atoms with van der Waals surface area (Å²) in [6.07, 6.45) is 4.24. The van der Waals surface area contributed by atoms with Gasteiger partial charge < -0.3 is 24.1 Å². The Morgan fingerprint density at radius 2 is 2.00 bits per heavy atom. The first-order valence-electron chi connectivity index (χ1n) is 9.68. The average Bonchev–Trinajstić information content (AvgIpc) is 3.16. The molecular formula is C20H16F3N3O6S. The standard InChI is InChI=1S/C20H16F3N3O6S/c21-20(22,23)33(27,28)32-13-1-2-16-14(8-13)19(10-30-18(24)26-19)15-7-12(9-25-17(15)31-16)11-3-5-29-6-4-11/h1-3,7-9H,4-6,10H2,(H2,24,26). The van der Waals surface area contributed by atoms with Gasteiger partial charge in [0.05, 0.1) is 18.8 Å². The lowest BCUT2D eigenvalue weighted by atomic mass is 9.81. The van der Waals surface area contributed by atoms with Gasteiger partial charge in [0.25, 0.3) is 6.02 Å². The molecule has 1 aromatic heterocycles. The Kier molecular flexibility index (Phi) is 4.79. The molecule has 3 aliphatic heterocycles. The van der Waals surface area contributed by atoms with E-state index in [1.165, 1.54) is 6.07 Å². The molecule has 1 spiro atoms. The van der Waals surface area contributed by atoms with Crippen LogP contribution in [0.3, 0.4) is 0 Å². The molecular weight excluding hydrogens is 467 g/mol. The highest BCUT2D eigenvalue weighted by molar-refractivity contribution is 7.88. The van der Waals surface area contributed by atoms with E-state index < -0.39 is 26.9 Å². The summed E-state index contributed by atoms with van der Waals surface area (Å²) in [5.74, 6) is -0.140. The van der Waals surface area contributed by atoms with Crippen LogP contribution in [-0.4, -0.2) is 44.8 Å². The topological polar surface area (TPSA) is 122 Å². The number of amidine groups is 1. The first-order valence-corrected chi connectivity index (χ1v) is 11.1. The predicted molar refractivity (Wildman–Crippen MR) is 108 cm³/mol. The Morgan fingerprint density at radius 1 is 1.18 bits per heavy atom. The molecule has 0 fully saturated rings. The van der Waals surface area contributed by atoms with Gasteiger partial charge in [-0.15, -0.1) is 0 Å². The SMILES string of the molecule is NC1=NC2(CO1)c1cc(OS(=O)(=O)C(F)(F)F)ccc1Oc1ncc(C3=CCOCC3)cc12. The monoisotopic (exact) mass is 483 g/mol. The quantitative estimate of drug-likeness (QED) is 0.523. The second kappa shape index (κ2) is 7.35. The molecule has 0 amide bonds. The van der Waals surface area contributed by atoms with Gasteiger partial charge in [-0.1, -0.05) is 6.08 Å². The Hall–Kier alpha value is -3.32. The summed E-state index contributed by atoms with van der Waals surface area (Å²) in [4.78, 5) is 8.82. The van der Waals surface area contributed by atoms with E-state index in [0.29, 0.717) is 25.2 Å². The maximum absolute atomic E-state index is 12.8. The number of hydrogen-bond donors (Lipinski definition) is 1. The zero-order valence-corrected chi connectivity index (χ0v) is 17.6. The van der Waals surface area contributed by atoms with E-state index in [0.717, 1.165) is 23.3 Å².